The van der Waals surface area contributed by atoms with Gasteiger partial charge in [0.2, 0.25) is 0 Å². The molecule has 1 aliphatic rings. The third-order valence-corrected chi connectivity index (χ3v) is 5.72. The summed E-state index contributed by atoms with van der Waals surface area (Å²) in [4.78, 5) is 8.33. The van der Waals surface area contributed by atoms with Gasteiger partial charge in [0.1, 0.15) is 12.0 Å². The number of thiophene rings is 1. The monoisotopic (exact) mass is 489 g/mol. The van der Waals surface area contributed by atoms with Gasteiger partial charge < -0.3 is 15.2 Å². The van der Waals surface area contributed by atoms with Crippen molar-refractivity contribution >= 4 is 41.3 Å². The molecule has 1 atom stereocenters. The van der Waals surface area contributed by atoms with E-state index in [1.807, 2.05) is 17.4 Å². The van der Waals surface area contributed by atoms with Gasteiger partial charge in [-0.15, -0.1) is 35.3 Å². The van der Waals surface area contributed by atoms with Crippen LogP contribution in [0.1, 0.15) is 36.4 Å². The lowest BCUT2D eigenvalue weighted by atomic mass is 9.97. The summed E-state index contributed by atoms with van der Waals surface area (Å²) in [7, 11) is 1.79. The number of aromatic nitrogens is 1. The van der Waals surface area contributed by atoms with Gasteiger partial charge >= 0.3 is 0 Å². The average Bonchev–Trinajstić information content (AvgIpc) is 3.33. The maximum Gasteiger partial charge on any atom is 0.191 e. The molecular weight excluding hydrogens is 461 g/mol. The summed E-state index contributed by atoms with van der Waals surface area (Å²) in [6.45, 7) is 6.12. The molecule has 0 aliphatic carbocycles. The minimum absolute atomic E-state index is 0. The Labute approximate surface area is 176 Å². The van der Waals surface area contributed by atoms with Crippen molar-refractivity contribution < 1.29 is 4.52 Å². The molecule has 0 radical (unpaired) electrons. The highest BCUT2D eigenvalue weighted by atomic mass is 127. The van der Waals surface area contributed by atoms with Crippen molar-refractivity contribution in [1.82, 2.24) is 20.7 Å². The Balaban J connectivity index is 0.00000243. The quantitative estimate of drug-likeness (QED) is 0.370. The van der Waals surface area contributed by atoms with Crippen LogP contribution in [0.3, 0.4) is 0 Å². The van der Waals surface area contributed by atoms with E-state index in [0.717, 1.165) is 37.2 Å². The fraction of sp³-hybridized carbons (Fsp3) is 0.556. The van der Waals surface area contributed by atoms with E-state index in [1.165, 1.54) is 17.7 Å². The minimum atomic E-state index is 0. The predicted molar refractivity (Wildman–Crippen MR) is 117 cm³/mol. The number of nitrogens with one attached hydrogen (secondary N) is 2. The standard InChI is InChI=1S/C18H27N5OS.HI/c1-14-5-8-23(9-6-14)16(17-4-3-11-25-17)13-21-18(19-2)20-12-15-7-10-24-22-15;/h3-4,7,10-11,14,16H,5-6,8-9,12-13H2,1-2H3,(H2,19,20,21);1H. The number of hydrogen-bond acceptors (Lipinski definition) is 5. The van der Waals surface area contributed by atoms with E-state index in [-0.39, 0.29) is 24.0 Å². The summed E-state index contributed by atoms with van der Waals surface area (Å²) in [6.07, 6.45) is 4.14. The molecular formula is C18H28IN5OS. The Morgan fingerprint density at radius 1 is 1.38 bits per heavy atom. The molecule has 1 aliphatic heterocycles. The van der Waals surface area contributed by atoms with Crippen LogP contribution in [-0.4, -0.2) is 42.7 Å². The van der Waals surface area contributed by atoms with Crippen LogP contribution in [0.5, 0.6) is 0 Å². The summed E-state index contributed by atoms with van der Waals surface area (Å²) in [6, 6.07) is 6.61. The highest BCUT2D eigenvalue weighted by Gasteiger charge is 2.25. The number of guanidine groups is 1. The van der Waals surface area contributed by atoms with Crippen molar-refractivity contribution in [1.29, 1.82) is 0 Å². The molecule has 2 N–H and O–H groups in total. The van der Waals surface area contributed by atoms with Crippen molar-refractivity contribution in [3.8, 4) is 0 Å². The summed E-state index contributed by atoms with van der Waals surface area (Å²) < 4.78 is 4.86. The molecule has 1 fully saturated rings. The van der Waals surface area contributed by atoms with Crippen LogP contribution in [0.4, 0.5) is 0 Å². The van der Waals surface area contributed by atoms with Gasteiger partial charge in [0.25, 0.3) is 0 Å². The molecule has 1 unspecified atom stereocenters. The molecule has 3 heterocycles. The Kier molecular flexibility index (Phi) is 8.86. The van der Waals surface area contributed by atoms with Crippen molar-refractivity contribution in [2.75, 3.05) is 26.7 Å². The first-order chi connectivity index (χ1) is 12.3. The van der Waals surface area contributed by atoms with E-state index in [9.17, 15) is 0 Å². The summed E-state index contributed by atoms with van der Waals surface area (Å²) >= 11 is 1.83. The first-order valence-corrected chi connectivity index (χ1v) is 9.75. The van der Waals surface area contributed by atoms with E-state index >= 15 is 0 Å². The van der Waals surface area contributed by atoms with E-state index in [1.54, 1.807) is 13.3 Å². The fourth-order valence-electron chi connectivity index (χ4n) is 3.15. The van der Waals surface area contributed by atoms with Crippen LogP contribution >= 0.6 is 35.3 Å². The van der Waals surface area contributed by atoms with Gasteiger partial charge in [0.05, 0.1) is 12.6 Å². The van der Waals surface area contributed by atoms with Gasteiger partial charge in [-0.25, -0.2) is 0 Å². The molecule has 1 saturated heterocycles. The largest absolute Gasteiger partial charge is 0.364 e. The lowest BCUT2D eigenvalue weighted by Gasteiger charge is -2.36. The van der Waals surface area contributed by atoms with E-state index in [2.05, 4.69) is 50.1 Å². The Morgan fingerprint density at radius 3 is 2.81 bits per heavy atom. The summed E-state index contributed by atoms with van der Waals surface area (Å²) in [5.74, 6) is 1.63. The fourth-order valence-corrected chi connectivity index (χ4v) is 4.01. The minimum Gasteiger partial charge on any atom is -0.364 e. The molecule has 144 valence electrons. The normalized spacial score (nSPS) is 17.5. The molecule has 6 nitrogen and oxygen atoms in total. The molecule has 3 rings (SSSR count). The molecule has 0 saturated carbocycles. The number of rotatable bonds is 6. The Morgan fingerprint density at radius 2 is 2.19 bits per heavy atom. The van der Waals surface area contributed by atoms with Crippen LogP contribution in [0.25, 0.3) is 0 Å². The molecule has 0 spiro atoms. The Bertz CT molecular complexity index is 639. The highest BCUT2D eigenvalue weighted by Crippen LogP contribution is 2.28. The zero-order chi connectivity index (χ0) is 17.5. The third-order valence-electron chi connectivity index (χ3n) is 4.75. The lowest BCUT2D eigenvalue weighted by Crippen LogP contribution is -2.44. The molecule has 8 heteroatoms. The van der Waals surface area contributed by atoms with Crippen LogP contribution in [0.2, 0.25) is 0 Å². The van der Waals surface area contributed by atoms with E-state index in [0.29, 0.717) is 12.6 Å². The van der Waals surface area contributed by atoms with E-state index < -0.39 is 0 Å². The van der Waals surface area contributed by atoms with Crippen molar-refractivity contribution in [3.63, 3.8) is 0 Å². The molecule has 0 amide bonds. The third kappa shape index (κ3) is 5.95. The van der Waals surface area contributed by atoms with Crippen LogP contribution in [0, 0.1) is 5.92 Å². The topological polar surface area (TPSA) is 65.7 Å². The molecule has 26 heavy (non-hydrogen) atoms. The van der Waals surface area contributed by atoms with Gasteiger partial charge in [-0.2, -0.15) is 0 Å². The molecule has 2 aromatic rings. The summed E-state index contributed by atoms with van der Waals surface area (Å²) in [5, 5.41) is 12.8. The van der Waals surface area contributed by atoms with Gasteiger partial charge in [0.15, 0.2) is 5.96 Å². The smallest absolute Gasteiger partial charge is 0.191 e. The van der Waals surface area contributed by atoms with Crippen molar-refractivity contribution in [2.24, 2.45) is 10.9 Å². The van der Waals surface area contributed by atoms with Crippen LogP contribution in [-0.2, 0) is 6.54 Å². The van der Waals surface area contributed by atoms with Crippen LogP contribution in [0.15, 0.2) is 39.4 Å². The second kappa shape index (κ2) is 10.9. The number of piperidine rings is 1. The predicted octanol–water partition coefficient (Wildman–Crippen LogP) is 3.49. The van der Waals surface area contributed by atoms with Gasteiger partial charge in [-0.3, -0.25) is 9.89 Å². The van der Waals surface area contributed by atoms with Gasteiger partial charge in [-0.1, -0.05) is 18.1 Å². The zero-order valence-corrected chi connectivity index (χ0v) is 18.5. The van der Waals surface area contributed by atoms with E-state index in [4.69, 9.17) is 4.52 Å². The Hall–Kier alpha value is -1.13. The first-order valence-electron chi connectivity index (χ1n) is 8.87. The highest BCUT2D eigenvalue weighted by molar-refractivity contribution is 14.0. The summed E-state index contributed by atoms with van der Waals surface area (Å²) in [5.41, 5.74) is 0.864. The average molecular weight is 489 g/mol. The number of nitrogens with zero attached hydrogens (tertiary/aromatic N) is 3. The first kappa shape index (κ1) is 21.2. The molecule has 0 aromatic carbocycles. The number of halogens is 1. The molecule has 2 aromatic heterocycles. The lowest BCUT2D eigenvalue weighted by molar-refractivity contribution is 0.140. The van der Waals surface area contributed by atoms with Crippen molar-refractivity contribution in [3.05, 3.63) is 40.4 Å². The second-order valence-corrected chi connectivity index (χ2v) is 7.53. The van der Waals surface area contributed by atoms with Crippen LogP contribution < -0.4 is 10.6 Å². The maximum atomic E-state index is 4.86. The number of aliphatic imine (C=N–C) groups is 1. The van der Waals surface area contributed by atoms with Gasteiger partial charge in [0, 0.05) is 24.5 Å². The maximum absolute atomic E-state index is 4.86. The van der Waals surface area contributed by atoms with Gasteiger partial charge in [-0.05, 0) is 43.3 Å². The molecule has 0 bridgehead atoms. The second-order valence-electron chi connectivity index (χ2n) is 6.55. The zero-order valence-electron chi connectivity index (χ0n) is 15.4. The van der Waals surface area contributed by atoms with Crippen molar-refractivity contribution in [2.45, 2.75) is 32.4 Å². The SMILES string of the molecule is CN=C(NCc1ccon1)NCC(c1cccs1)N1CCC(C)CC1.I. The number of likely N-dealkylation sites (tertiary alicyclic amines) is 1. The number of hydrogen-bond donors (Lipinski definition) is 2.